The standard InChI is InChI=1S/C25H28N4O/c1-19-7-5-6-10-22(19)23-11-12-24(28-27-23)29-17-14-21(15-18-29)25(30)26-16-13-20-8-3-2-4-9-20/h2-12,21H,13-18H2,1H3,(H,26,30). The van der Waals surface area contributed by atoms with E-state index in [1.54, 1.807) is 0 Å². The molecule has 0 atom stereocenters. The molecule has 30 heavy (non-hydrogen) atoms. The molecule has 1 fully saturated rings. The van der Waals surface area contributed by atoms with Crippen LogP contribution >= 0.6 is 0 Å². The average Bonchev–Trinajstić information content (AvgIpc) is 2.80. The molecule has 5 nitrogen and oxygen atoms in total. The zero-order valence-electron chi connectivity index (χ0n) is 17.4. The maximum absolute atomic E-state index is 12.5. The Balaban J connectivity index is 1.27. The second-order valence-electron chi connectivity index (χ2n) is 7.88. The zero-order chi connectivity index (χ0) is 20.8. The maximum Gasteiger partial charge on any atom is 0.223 e. The minimum atomic E-state index is 0.0798. The fraction of sp³-hybridized carbons (Fsp3) is 0.320. The van der Waals surface area contributed by atoms with Crippen molar-refractivity contribution in [2.24, 2.45) is 5.92 Å². The van der Waals surface area contributed by atoms with Crippen molar-refractivity contribution >= 4 is 11.7 Å². The summed E-state index contributed by atoms with van der Waals surface area (Å²) >= 11 is 0. The van der Waals surface area contributed by atoms with Gasteiger partial charge in [0.1, 0.15) is 0 Å². The molecule has 2 aromatic carbocycles. The normalized spacial score (nSPS) is 14.5. The first-order chi connectivity index (χ1) is 14.7. The summed E-state index contributed by atoms with van der Waals surface area (Å²) in [7, 11) is 0. The molecule has 1 saturated heterocycles. The number of nitrogens with one attached hydrogen (secondary N) is 1. The molecule has 2 heterocycles. The number of anilines is 1. The number of benzene rings is 2. The van der Waals surface area contributed by atoms with Crippen LogP contribution in [0.25, 0.3) is 11.3 Å². The molecule has 5 heteroatoms. The van der Waals surface area contributed by atoms with Crippen LogP contribution in [0.3, 0.4) is 0 Å². The molecule has 0 spiro atoms. The predicted octanol–water partition coefficient (Wildman–Crippen LogP) is 4.03. The highest BCUT2D eigenvalue weighted by Crippen LogP contribution is 2.25. The molecule has 0 unspecified atom stereocenters. The Labute approximate surface area is 178 Å². The smallest absolute Gasteiger partial charge is 0.223 e. The SMILES string of the molecule is Cc1ccccc1-c1ccc(N2CCC(C(=O)NCCc3ccccc3)CC2)nn1. The van der Waals surface area contributed by atoms with E-state index in [1.165, 1.54) is 11.1 Å². The van der Waals surface area contributed by atoms with Gasteiger partial charge in [0.05, 0.1) is 5.69 Å². The monoisotopic (exact) mass is 400 g/mol. The summed E-state index contributed by atoms with van der Waals surface area (Å²) in [4.78, 5) is 14.7. The minimum Gasteiger partial charge on any atom is -0.356 e. The van der Waals surface area contributed by atoms with Gasteiger partial charge in [0, 0.05) is 31.1 Å². The summed E-state index contributed by atoms with van der Waals surface area (Å²) in [6.45, 7) is 4.43. The Morgan fingerprint density at radius 3 is 2.40 bits per heavy atom. The maximum atomic E-state index is 12.5. The van der Waals surface area contributed by atoms with Crippen LogP contribution in [0.5, 0.6) is 0 Å². The molecule has 4 rings (SSSR count). The zero-order valence-corrected chi connectivity index (χ0v) is 17.4. The molecule has 0 aliphatic carbocycles. The lowest BCUT2D eigenvalue weighted by Gasteiger charge is -2.31. The molecular weight excluding hydrogens is 372 g/mol. The lowest BCUT2D eigenvalue weighted by molar-refractivity contribution is -0.125. The molecule has 0 radical (unpaired) electrons. The van der Waals surface area contributed by atoms with E-state index in [-0.39, 0.29) is 11.8 Å². The summed E-state index contributed by atoms with van der Waals surface area (Å²) in [5.74, 6) is 1.14. The lowest BCUT2D eigenvalue weighted by atomic mass is 9.96. The van der Waals surface area contributed by atoms with Crippen molar-refractivity contribution < 1.29 is 4.79 Å². The molecule has 0 bridgehead atoms. The van der Waals surface area contributed by atoms with Crippen molar-refractivity contribution in [2.75, 3.05) is 24.5 Å². The van der Waals surface area contributed by atoms with E-state index >= 15 is 0 Å². The van der Waals surface area contributed by atoms with Crippen LogP contribution in [0.15, 0.2) is 66.7 Å². The fourth-order valence-electron chi connectivity index (χ4n) is 3.99. The number of aryl methyl sites for hydroxylation is 1. The van der Waals surface area contributed by atoms with Crippen LogP contribution in [0, 0.1) is 12.8 Å². The van der Waals surface area contributed by atoms with Crippen molar-refractivity contribution in [3.63, 3.8) is 0 Å². The molecule has 1 N–H and O–H groups in total. The highest BCUT2D eigenvalue weighted by molar-refractivity contribution is 5.79. The van der Waals surface area contributed by atoms with Gasteiger partial charge in [-0.15, -0.1) is 10.2 Å². The Morgan fingerprint density at radius 1 is 0.967 bits per heavy atom. The third kappa shape index (κ3) is 4.85. The van der Waals surface area contributed by atoms with Gasteiger partial charge >= 0.3 is 0 Å². The van der Waals surface area contributed by atoms with Gasteiger partial charge in [0.2, 0.25) is 5.91 Å². The van der Waals surface area contributed by atoms with Gasteiger partial charge in [-0.25, -0.2) is 0 Å². The highest BCUT2D eigenvalue weighted by Gasteiger charge is 2.25. The van der Waals surface area contributed by atoms with Crippen molar-refractivity contribution in [1.29, 1.82) is 0 Å². The summed E-state index contributed by atoms with van der Waals surface area (Å²) < 4.78 is 0. The molecule has 154 valence electrons. The molecular formula is C25H28N4O. The van der Waals surface area contributed by atoms with E-state index in [0.29, 0.717) is 6.54 Å². The average molecular weight is 401 g/mol. The van der Waals surface area contributed by atoms with Crippen LogP contribution in [-0.2, 0) is 11.2 Å². The topological polar surface area (TPSA) is 58.1 Å². The van der Waals surface area contributed by atoms with Crippen molar-refractivity contribution in [3.05, 3.63) is 77.9 Å². The first kappa shape index (κ1) is 20.1. The number of nitrogens with zero attached hydrogens (tertiary/aromatic N) is 3. The Kier molecular flexibility index (Phi) is 6.38. The fourth-order valence-corrected chi connectivity index (χ4v) is 3.99. The van der Waals surface area contributed by atoms with E-state index in [1.807, 2.05) is 42.5 Å². The molecule has 1 aliphatic rings. The molecule has 3 aromatic rings. The van der Waals surface area contributed by atoms with Gasteiger partial charge in [-0.05, 0) is 49.4 Å². The van der Waals surface area contributed by atoms with Gasteiger partial charge < -0.3 is 10.2 Å². The quantitative estimate of drug-likeness (QED) is 0.679. The molecule has 1 amide bonds. The number of hydrogen-bond acceptors (Lipinski definition) is 4. The minimum absolute atomic E-state index is 0.0798. The third-order valence-corrected chi connectivity index (χ3v) is 5.82. The first-order valence-corrected chi connectivity index (χ1v) is 10.7. The molecule has 0 saturated carbocycles. The molecule has 1 aliphatic heterocycles. The van der Waals surface area contributed by atoms with E-state index in [2.05, 4.69) is 51.6 Å². The van der Waals surface area contributed by atoms with Crippen molar-refractivity contribution in [2.45, 2.75) is 26.2 Å². The number of aromatic nitrogens is 2. The third-order valence-electron chi connectivity index (χ3n) is 5.82. The number of rotatable bonds is 6. The number of hydrogen-bond donors (Lipinski definition) is 1. The summed E-state index contributed by atoms with van der Waals surface area (Å²) in [6.07, 6.45) is 2.56. The lowest BCUT2D eigenvalue weighted by Crippen LogP contribution is -2.41. The summed E-state index contributed by atoms with van der Waals surface area (Å²) in [5, 5.41) is 12.0. The Bertz CT molecular complexity index is 964. The van der Waals surface area contributed by atoms with Crippen LogP contribution in [0.1, 0.15) is 24.0 Å². The highest BCUT2D eigenvalue weighted by atomic mass is 16.1. The van der Waals surface area contributed by atoms with Crippen LogP contribution < -0.4 is 10.2 Å². The van der Waals surface area contributed by atoms with Crippen LogP contribution in [-0.4, -0.2) is 35.7 Å². The van der Waals surface area contributed by atoms with E-state index in [4.69, 9.17) is 0 Å². The van der Waals surface area contributed by atoms with Crippen molar-refractivity contribution in [1.82, 2.24) is 15.5 Å². The van der Waals surface area contributed by atoms with Gasteiger partial charge in [0.25, 0.3) is 0 Å². The van der Waals surface area contributed by atoms with Gasteiger partial charge in [-0.3, -0.25) is 4.79 Å². The molecule has 1 aromatic heterocycles. The van der Waals surface area contributed by atoms with Gasteiger partial charge in [-0.1, -0.05) is 54.6 Å². The summed E-state index contributed by atoms with van der Waals surface area (Å²) in [6, 6.07) is 22.5. The van der Waals surface area contributed by atoms with Crippen LogP contribution in [0.2, 0.25) is 0 Å². The number of piperidine rings is 1. The van der Waals surface area contributed by atoms with Gasteiger partial charge in [0.15, 0.2) is 5.82 Å². The second kappa shape index (κ2) is 9.53. The Morgan fingerprint density at radius 2 is 1.70 bits per heavy atom. The van der Waals surface area contributed by atoms with Crippen LogP contribution in [0.4, 0.5) is 5.82 Å². The number of carbonyl (C=O) groups is 1. The predicted molar refractivity (Wildman–Crippen MR) is 120 cm³/mol. The number of amides is 1. The van der Waals surface area contributed by atoms with Gasteiger partial charge in [-0.2, -0.15) is 0 Å². The Hall–Kier alpha value is -3.21. The number of carbonyl (C=O) groups excluding carboxylic acids is 1. The largest absolute Gasteiger partial charge is 0.356 e. The summed E-state index contributed by atoms with van der Waals surface area (Å²) in [5.41, 5.74) is 4.45. The van der Waals surface area contributed by atoms with E-state index in [9.17, 15) is 4.79 Å². The van der Waals surface area contributed by atoms with E-state index < -0.39 is 0 Å². The van der Waals surface area contributed by atoms with E-state index in [0.717, 1.165) is 49.4 Å². The second-order valence-corrected chi connectivity index (χ2v) is 7.88. The van der Waals surface area contributed by atoms with Crippen molar-refractivity contribution in [3.8, 4) is 11.3 Å². The first-order valence-electron chi connectivity index (χ1n) is 10.7.